The third-order valence-corrected chi connectivity index (χ3v) is 3.91. The number of hydrogen-bond donors (Lipinski definition) is 2. The van der Waals surface area contributed by atoms with Crippen LogP contribution in [-0.4, -0.2) is 53.0 Å². The number of rotatable bonds is 10. The third-order valence-electron chi connectivity index (χ3n) is 2.65. The average Bonchev–Trinajstić information content (AvgIpc) is 2.44. The van der Waals surface area contributed by atoms with Crippen molar-refractivity contribution in [2.24, 2.45) is 0 Å². The molecule has 2 atom stereocenters. The van der Waals surface area contributed by atoms with Crippen molar-refractivity contribution in [3.05, 3.63) is 12.2 Å². The van der Waals surface area contributed by atoms with Crippen LogP contribution < -0.4 is 5.32 Å². The molecule has 0 aromatic rings. The topological polar surface area (TPSA) is 84.9 Å². The number of carbonyl (C=O) groups excluding carboxylic acids is 2. The number of thioether (sulfide) groups is 1. The molecular weight excluding hydrogens is 330 g/mol. The first-order chi connectivity index (χ1) is 11.1. The molecule has 0 heterocycles. The van der Waals surface area contributed by atoms with Crippen LogP contribution in [0.4, 0.5) is 4.79 Å². The maximum Gasteiger partial charge on any atom is 0.407 e. The zero-order valence-electron chi connectivity index (χ0n) is 15.3. The maximum atomic E-state index is 11.9. The number of nitrogens with one attached hydrogen (secondary N) is 1. The molecule has 1 amide bonds. The summed E-state index contributed by atoms with van der Waals surface area (Å²) >= 11 is 1.26. The third kappa shape index (κ3) is 14.5. The maximum absolute atomic E-state index is 11.9. The molecule has 140 valence electrons. The molecule has 0 aromatic carbocycles. The van der Waals surface area contributed by atoms with Crippen LogP contribution in [0.15, 0.2) is 12.2 Å². The molecule has 2 N–H and O–H groups in total. The summed E-state index contributed by atoms with van der Waals surface area (Å²) in [7, 11) is 0. The van der Waals surface area contributed by atoms with Crippen molar-refractivity contribution in [2.75, 3.05) is 19.8 Å². The molecule has 0 saturated heterocycles. The van der Waals surface area contributed by atoms with E-state index >= 15 is 0 Å². The van der Waals surface area contributed by atoms with Crippen molar-refractivity contribution >= 4 is 23.0 Å². The first-order valence-corrected chi connectivity index (χ1v) is 9.12. The molecule has 0 aliphatic heterocycles. The van der Waals surface area contributed by atoms with Gasteiger partial charge < -0.3 is 19.9 Å². The van der Waals surface area contributed by atoms with Gasteiger partial charge in [-0.05, 0) is 34.1 Å². The molecular formula is C17H31NO5S. The summed E-state index contributed by atoms with van der Waals surface area (Å²) in [5, 5.41) is 11.9. The summed E-state index contributed by atoms with van der Waals surface area (Å²) in [6, 6.07) is 0. The fourth-order valence-electron chi connectivity index (χ4n) is 1.57. The molecule has 0 fully saturated rings. The van der Waals surface area contributed by atoms with Crippen molar-refractivity contribution in [1.82, 2.24) is 5.32 Å². The van der Waals surface area contributed by atoms with Crippen molar-refractivity contribution in [3.8, 4) is 0 Å². The predicted octanol–water partition coefficient (Wildman–Crippen LogP) is 2.89. The highest BCUT2D eigenvalue weighted by atomic mass is 32.2. The Kier molecular flexibility index (Phi) is 11.8. The highest BCUT2D eigenvalue weighted by molar-refractivity contribution is 8.14. The van der Waals surface area contributed by atoms with Gasteiger partial charge in [0.1, 0.15) is 5.60 Å². The standard InChI is InChI=1S/C17H31NO5S/c1-6-14(8-7-13(2)19)24-15(20)9-11-22-12-10-18-16(21)23-17(3,4)5/h7-8,13-14,19H,6,9-12H2,1-5H3,(H,18,21)/b8-7-. The second-order valence-electron chi connectivity index (χ2n) is 6.35. The second-order valence-corrected chi connectivity index (χ2v) is 7.65. The number of carbonyl (C=O) groups is 2. The summed E-state index contributed by atoms with van der Waals surface area (Å²) in [4.78, 5) is 23.2. The Bertz CT molecular complexity index is 404. The number of aliphatic hydroxyl groups excluding tert-OH is 1. The number of hydrogen-bond acceptors (Lipinski definition) is 6. The molecule has 6 nitrogen and oxygen atoms in total. The fraction of sp³-hybridized carbons (Fsp3) is 0.765. The van der Waals surface area contributed by atoms with Crippen LogP contribution >= 0.6 is 11.8 Å². The Hall–Kier alpha value is -1.05. The van der Waals surface area contributed by atoms with Crippen molar-refractivity contribution < 1.29 is 24.2 Å². The van der Waals surface area contributed by atoms with Gasteiger partial charge in [-0.2, -0.15) is 0 Å². The van der Waals surface area contributed by atoms with Crippen LogP contribution in [0.5, 0.6) is 0 Å². The van der Waals surface area contributed by atoms with E-state index in [4.69, 9.17) is 9.47 Å². The summed E-state index contributed by atoms with van der Waals surface area (Å²) in [6.07, 6.45) is 3.70. The lowest BCUT2D eigenvalue weighted by Crippen LogP contribution is -2.34. The van der Waals surface area contributed by atoms with Gasteiger partial charge in [0.05, 0.1) is 19.3 Å². The van der Waals surface area contributed by atoms with Gasteiger partial charge in [0.2, 0.25) is 0 Å². The molecule has 0 rings (SSSR count). The SMILES string of the molecule is CCC(/C=C\C(C)O)SC(=O)CCOCCNC(=O)OC(C)(C)C. The highest BCUT2D eigenvalue weighted by Crippen LogP contribution is 2.18. The molecule has 2 unspecified atom stereocenters. The average molecular weight is 362 g/mol. The number of amides is 1. The van der Waals surface area contributed by atoms with Crippen LogP contribution in [0.2, 0.25) is 0 Å². The molecule has 7 heteroatoms. The van der Waals surface area contributed by atoms with Gasteiger partial charge in [0.25, 0.3) is 0 Å². The van der Waals surface area contributed by atoms with Crippen molar-refractivity contribution in [2.45, 2.75) is 64.4 Å². The van der Waals surface area contributed by atoms with Gasteiger partial charge in [-0.15, -0.1) is 0 Å². The van der Waals surface area contributed by atoms with Crippen LogP contribution in [0, 0.1) is 0 Å². The molecule has 24 heavy (non-hydrogen) atoms. The largest absolute Gasteiger partial charge is 0.444 e. The van der Waals surface area contributed by atoms with Crippen LogP contribution in [0.1, 0.15) is 47.5 Å². The first-order valence-electron chi connectivity index (χ1n) is 8.24. The summed E-state index contributed by atoms with van der Waals surface area (Å²) in [5.74, 6) is 0. The van der Waals surface area contributed by atoms with E-state index in [9.17, 15) is 14.7 Å². The minimum atomic E-state index is -0.521. The molecule has 0 saturated carbocycles. The van der Waals surface area contributed by atoms with Crippen LogP contribution in [0.25, 0.3) is 0 Å². The second kappa shape index (κ2) is 12.3. The first kappa shape index (κ1) is 22.9. The molecule has 0 radical (unpaired) electrons. The van der Waals surface area contributed by atoms with Gasteiger partial charge in [-0.25, -0.2) is 4.79 Å². The Morgan fingerprint density at radius 3 is 2.46 bits per heavy atom. The summed E-state index contributed by atoms with van der Waals surface area (Å²) < 4.78 is 10.4. The zero-order valence-corrected chi connectivity index (χ0v) is 16.1. The summed E-state index contributed by atoms with van der Waals surface area (Å²) in [5.41, 5.74) is -0.521. The van der Waals surface area contributed by atoms with E-state index in [2.05, 4.69) is 5.32 Å². The van der Waals surface area contributed by atoms with Gasteiger partial charge >= 0.3 is 6.09 Å². The minimum absolute atomic E-state index is 0.0530. The van der Waals surface area contributed by atoms with Crippen LogP contribution in [0.3, 0.4) is 0 Å². The van der Waals surface area contributed by atoms with E-state index in [0.717, 1.165) is 6.42 Å². The van der Waals surface area contributed by atoms with Gasteiger partial charge in [0.15, 0.2) is 5.12 Å². The van der Waals surface area contributed by atoms with Crippen molar-refractivity contribution in [3.63, 3.8) is 0 Å². The molecule has 0 aliphatic carbocycles. The van der Waals surface area contributed by atoms with Gasteiger partial charge in [-0.1, -0.05) is 30.8 Å². The monoisotopic (exact) mass is 361 g/mol. The molecule has 0 aliphatic rings. The Morgan fingerprint density at radius 1 is 1.25 bits per heavy atom. The zero-order chi connectivity index (χ0) is 18.6. The van der Waals surface area contributed by atoms with Crippen LogP contribution in [-0.2, 0) is 14.3 Å². The number of aliphatic hydroxyl groups is 1. The minimum Gasteiger partial charge on any atom is -0.444 e. The van der Waals surface area contributed by atoms with Gasteiger partial charge in [0, 0.05) is 18.2 Å². The molecule has 0 bridgehead atoms. The van der Waals surface area contributed by atoms with Gasteiger partial charge in [-0.3, -0.25) is 4.79 Å². The van der Waals surface area contributed by atoms with E-state index < -0.39 is 17.8 Å². The van der Waals surface area contributed by atoms with E-state index in [0.29, 0.717) is 26.2 Å². The Balaban J connectivity index is 3.77. The number of ether oxygens (including phenoxy) is 2. The number of alkyl carbamates (subject to hydrolysis) is 1. The summed E-state index contributed by atoms with van der Waals surface area (Å²) in [6.45, 7) is 10.1. The lowest BCUT2D eigenvalue weighted by molar-refractivity contribution is -0.112. The van der Waals surface area contributed by atoms with Crippen molar-refractivity contribution in [1.29, 1.82) is 0 Å². The lowest BCUT2D eigenvalue weighted by Gasteiger charge is -2.19. The van der Waals surface area contributed by atoms with E-state index in [1.807, 2.05) is 13.0 Å². The normalized spacial score (nSPS) is 14.4. The molecule has 0 spiro atoms. The lowest BCUT2D eigenvalue weighted by atomic mass is 10.2. The highest BCUT2D eigenvalue weighted by Gasteiger charge is 2.15. The fourth-order valence-corrected chi connectivity index (χ4v) is 2.44. The Morgan fingerprint density at radius 2 is 1.92 bits per heavy atom. The van der Waals surface area contributed by atoms with E-state index in [1.54, 1.807) is 33.8 Å². The smallest absolute Gasteiger partial charge is 0.407 e. The van der Waals surface area contributed by atoms with E-state index in [-0.39, 0.29) is 10.4 Å². The predicted molar refractivity (Wildman–Crippen MR) is 97.2 cm³/mol. The molecule has 0 aromatic heterocycles. The van der Waals surface area contributed by atoms with E-state index in [1.165, 1.54) is 11.8 Å². The Labute approximate surface area is 149 Å². The quantitative estimate of drug-likeness (QED) is 0.460.